The van der Waals surface area contributed by atoms with Gasteiger partial charge in [0, 0.05) is 16.6 Å². The molecule has 2 aromatic rings. The van der Waals surface area contributed by atoms with Gasteiger partial charge < -0.3 is 10.6 Å². The quantitative estimate of drug-likeness (QED) is 0.433. The van der Waals surface area contributed by atoms with Gasteiger partial charge in [0.15, 0.2) is 0 Å². The molecule has 0 saturated heterocycles. The normalized spacial score (nSPS) is 12.0. The lowest BCUT2D eigenvalue weighted by molar-refractivity contribution is -0.143. The van der Waals surface area contributed by atoms with Crippen molar-refractivity contribution in [3.05, 3.63) is 59.2 Å². The van der Waals surface area contributed by atoms with Gasteiger partial charge in [-0.1, -0.05) is 12.1 Å². The van der Waals surface area contributed by atoms with Crippen LogP contribution >= 0.6 is 11.8 Å². The molecule has 0 aliphatic carbocycles. The third kappa shape index (κ3) is 7.20. The van der Waals surface area contributed by atoms with Crippen LogP contribution in [-0.2, 0) is 17.1 Å². The van der Waals surface area contributed by atoms with Crippen molar-refractivity contribution in [3.8, 4) is 0 Å². The van der Waals surface area contributed by atoms with Gasteiger partial charge in [0.25, 0.3) is 5.91 Å². The van der Waals surface area contributed by atoms with Crippen molar-refractivity contribution in [2.45, 2.75) is 37.1 Å². The maximum Gasteiger partial charge on any atom is 0.416 e. The van der Waals surface area contributed by atoms with Crippen LogP contribution in [0.15, 0.2) is 47.4 Å². The highest BCUT2D eigenvalue weighted by Gasteiger charge is 2.37. The topological polar surface area (TPSA) is 58.2 Å². The molecule has 0 fully saturated rings. The minimum absolute atomic E-state index is 0.0100. The molecule has 0 aromatic heterocycles. The third-order valence-electron chi connectivity index (χ3n) is 3.79. The number of benzene rings is 2. The van der Waals surface area contributed by atoms with E-state index in [0.717, 1.165) is 11.8 Å². The van der Waals surface area contributed by atoms with E-state index < -0.39 is 35.1 Å². The zero-order valence-electron chi connectivity index (χ0n) is 16.3. The lowest BCUT2D eigenvalue weighted by Gasteiger charge is -2.15. The van der Waals surface area contributed by atoms with Gasteiger partial charge in [-0.2, -0.15) is 26.3 Å². The summed E-state index contributed by atoms with van der Waals surface area (Å²) < 4.78 is 78.0. The number of halogens is 6. The van der Waals surface area contributed by atoms with E-state index in [9.17, 15) is 35.9 Å². The van der Waals surface area contributed by atoms with Crippen LogP contribution in [0, 0.1) is 0 Å². The van der Waals surface area contributed by atoms with Crippen molar-refractivity contribution in [1.29, 1.82) is 0 Å². The molecule has 2 N–H and O–H groups in total. The molecule has 4 nitrogen and oxygen atoms in total. The average Bonchev–Trinajstić information content (AvgIpc) is 2.64. The zero-order chi connectivity index (χ0) is 23.4. The summed E-state index contributed by atoms with van der Waals surface area (Å²) in [4.78, 5) is 24.8. The Morgan fingerprint density at radius 3 is 2.00 bits per heavy atom. The average molecular weight is 464 g/mol. The van der Waals surface area contributed by atoms with Gasteiger partial charge in [0.1, 0.15) is 0 Å². The smallest absolute Gasteiger partial charge is 0.353 e. The molecule has 0 heterocycles. The second kappa shape index (κ2) is 9.63. The van der Waals surface area contributed by atoms with Crippen LogP contribution in [0.3, 0.4) is 0 Å². The van der Waals surface area contributed by atoms with Crippen molar-refractivity contribution in [1.82, 2.24) is 5.32 Å². The summed E-state index contributed by atoms with van der Waals surface area (Å²) in [6.07, 6.45) is -10.1. The molecule has 0 radical (unpaired) electrons. The monoisotopic (exact) mass is 464 g/mol. The molecule has 2 rings (SSSR count). The van der Waals surface area contributed by atoms with Crippen molar-refractivity contribution < 1.29 is 35.9 Å². The van der Waals surface area contributed by atoms with Gasteiger partial charge in [-0.3, -0.25) is 9.59 Å². The van der Waals surface area contributed by atoms with Gasteiger partial charge in [-0.05, 0) is 44.2 Å². The highest BCUT2D eigenvalue weighted by molar-refractivity contribution is 8.00. The summed E-state index contributed by atoms with van der Waals surface area (Å²) >= 11 is 1.02. The first-order valence-corrected chi connectivity index (χ1v) is 9.88. The number of hydrogen-bond acceptors (Lipinski definition) is 3. The van der Waals surface area contributed by atoms with Crippen LogP contribution in [0.2, 0.25) is 0 Å². The number of alkyl halides is 6. The standard InChI is InChI=1S/C20H18F6N2O2S/c1-11(2)27-17(29)10-31-16-6-4-3-5-15(16)18(30)28-14-8-12(19(21,22)23)7-13(9-14)20(24,25)26/h3-9,11H,10H2,1-2H3,(H,27,29)(H,28,30). The highest BCUT2D eigenvalue weighted by Crippen LogP contribution is 2.37. The third-order valence-corrected chi connectivity index (χ3v) is 4.86. The predicted molar refractivity (Wildman–Crippen MR) is 105 cm³/mol. The highest BCUT2D eigenvalue weighted by atomic mass is 32.2. The number of carbonyl (C=O) groups excluding carboxylic acids is 2. The fraction of sp³-hybridized carbons (Fsp3) is 0.300. The number of thioether (sulfide) groups is 1. The predicted octanol–water partition coefficient (Wildman–Crippen LogP) is 5.59. The van der Waals surface area contributed by atoms with Crippen LogP contribution in [0.5, 0.6) is 0 Å². The van der Waals surface area contributed by atoms with Gasteiger partial charge in [0.2, 0.25) is 5.91 Å². The van der Waals surface area contributed by atoms with E-state index in [4.69, 9.17) is 0 Å². The fourth-order valence-corrected chi connectivity index (χ4v) is 3.37. The largest absolute Gasteiger partial charge is 0.416 e. The van der Waals surface area contributed by atoms with E-state index >= 15 is 0 Å². The lowest BCUT2D eigenvalue weighted by atomic mass is 10.1. The molecule has 2 aromatic carbocycles. The van der Waals surface area contributed by atoms with Crippen molar-refractivity contribution in [3.63, 3.8) is 0 Å². The summed E-state index contributed by atoms with van der Waals surface area (Å²) in [5.41, 5.74) is -3.71. The summed E-state index contributed by atoms with van der Waals surface area (Å²) in [5, 5.41) is 4.76. The van der Waals surface area contributed by atoms with Crippen molar-refractivity contribution >= 4 is 29.3 Å². The Hall–Kier alpha value is -2.69. The first-order valence-electron chi connectivity index (χ1n) is 8.89. The molecule has 0 spiro atoms. The number of rotatable bonds is 6. The Kier molecular flexibility index (Phi) is 7.63. The number of anilines is 1. The molecule has 0 aliphatic heterocycles. The maximum absolute atomic E-state index is 13.0. The Labute approximate surface area is 178 Å². The van der Waals surface area contributed by atoms with E-state index in [2.05, 4.69) is 10.6 Å². The molecule has 168 valence electrons. The minimum Gasteiger partial charge on any atom is -0.353 e. The van der Waals surface area contributed by atoms with E-state index in [1.165, 1.54) is 18.2 Å². The molecule has 0 bridgehead atoms. The maximum atomic E-state index is 13.0. The van der Waals surface area contributed by atoms with Crippen LogP contribution in [0.1, 0.15) is 35.3 Å². The zero-order valence-corrected chi connectivity index (χ0v) is 17.1. The molecule has 0 unspecified atom stereocenters. The molecule has 2 amide bonds. The van der Waals surface area contributed by atoms with Gasteiger partial charge in [-0.15, -0.1) is 11.8 Å². The van der Waals surface area contributed by atoms with E-state index in [1.54, 1.807) is 19.9 Å². The molecule has 31 heavy (non-hydrogen) atoms. The number of nitrogens with one attached hydrogen (secondary N) is 2. The number of hydrogen-bond donors (Lipinski definition) is 2. The van der Waals surface area contributed by atoms with E-state index in [-0.39, 0.29) is 29.3 Å². The number of carbonyl (C=O) groups is 2. The Morgan fingerprint density at radius 2 is 1.48 bits per heavy atom. The van der Waals surface area contributed by atoms with Crippen LogP contribution in [0.25, 0.3) is 0 Å². The minimum atomic E-state index is -5.03. The Balaban J connectivity index is 2.29. The van der Waals surface area contributed by atoms with Gasteiger partial charge in [0.05, 0.1) is 22.4 Å². The summed E-state index contributed by atoms with van der Waals surface area (Å²) in [6, 6.07) is 6.71. The molecule has 0 aliphatic rings. The van der Waals surface area contributed by atoms with E-state index in [1.807, 2.05) is 0 Å². The fourth-order valence-electron chi connectivity index (χ4n) is 2.51. The molecule has 11 heteroatoms. The van der Waals surface area contributed by atoms with Gasteiger partial charge in [-0.25, -0.2) is 0 Å². The van der Waals surface area contributed by atoms with Gasteiger partial charge >= 0.3 is 12.4 Å². The molecular formula is C20H18F6N2O2S. The summed E-state index contributed by atoms with van der Waals surface area (Å²) in [7, 11) is 0. The number of amides is 2. The molecule has 0 saturated carbocycles. The SMILES string of the molecule is CC(C)NC(=O)CSc1ccccc1C(=O)Nc1cc(C(F)(F)F)cc(C(F)(F)F)c1. The summed E-state index contributed by atoms with van der Waals surface area (Å²) in [5.74, 6) is -1.22. The summed E-state index contributed by atoms with van der Waals surface area (Å²) in [6.45, 7) is 3.54. The van der Waals surface area contributed by atoms with Crippen molar-refractivity contribution in [2.75, 3.05) is 11.1 Å². The lowest BCUT2D eigenvalue weighted by Crippen LogP contribution is -2.31. The Bertz CT molecular complexity index is 925. The first-order chi connectivity index (χ1) is 14.3. The van der Waals surface area contributed by atoms with Crippen molar-refractivity contribution in [2.24, 2.45) is 0 Å². The van der Waals surface area contributed by atoms with Crippen LogP contribution in [-0.4, -0.2) is 23.6 Å². The second-order valence-corrected chi connectivity index (χ2v) is 7.77. The molecular weight excluding hydrogens is 446 g/mol. The van der Waals surface area contributed by atoms with Crippen LogP contribution in [0.4, 0.5) is 32.0 Å². The second-order valence-electron chi connectivity index (χ2n) is 6.76. The Morgan fingerprint density at radius 1 is 0.935 bits per heavy atom. The molecule has 0 atom stereocenters. The van der Waals surface area contributed by atoms with E-state index in [0.29, 0.717) is 17.0 Å². The first kappa shape index (κ1) is 24.6. The van der Waals surface area contributed by atoms with Crippen LogP contribution < -0.4 is 10.6 Å².